The third-order valence-electron chi connectivity index (χ3n) is 5.80. The fourth-order valence-corrected chi connectivity index (χ4v) is 5.55. The van der Waals surface area contributed by atoms with E-state index in [0.29, 0.717) is 0 Å². The fraction of sp³-hybridized carbons (Fsp3) is 0.231. The molecule has 1 atom stereocenters. The number of likely N-dealkylation sites (N-methyl/N-ethyl adjacent to an activating group) is 1. The van der Waals surface area contributed by atoms with Crippen molar-refractivity contribution in [3.63, 3.8) is 0 Å². The molecule has 3 aromatic carbocycles. The Bertz CT molecular complexity index is 1350. The summed E-state index contributed by atoms with van der Waals surface area (Å²) in [6.45, 7) is 3.02. The molecule has 0 saturated carbocycles. The van der Waals surface area contributed by atoms with Gasteiger partial charge in [0.05, 0.1) is 15.6 Å². The summed E-state index contributed by atoms with van der Waals surface area (Å²) in [6, 6.07) is 18.7. The summed E-state index contributed by atoms with van der Waals surface area (Å²) in [4.78, 5) is 27.6. The summed E-state index contributed by atoms with van der Waals surface area (Å²) in [5.74, 6) is -0.958. The SMILES string of the molecule is CNC(=O)[C@@H](C)N(Cc1ccccc1C)C(=O)CN(c1cc(Cl)ccc1Cl)S(=O)(=O)c1ccccc1. The van der Waals surface area contributed by atoms with Crippen molar-refractivity contribution < 1.29 is 18.0 Å². The first kappa shape index (κ1) is 27.5. The highest BCUT2D eigenvalue weighted by atomic mass is 35.5. The number of halogens is 2. The van der Waals surface area contributed by atoms with Gasteiger partial charge in [-0.05, 0) is 55.3 Å². The number of hydrogen-bond donors (Lipinski definition) is 1. The van der Waals surface area contributed by atoms with E-state index in [1.54, 1.807) is 25.1 Å². The van der Waals surface area contributed by atoms with Crippen LogP contribution in [0.3, 0.4) is 0 Å². The molecule has 7 nitrogen and oxygen atoms in total. The first-order chi connectivity index (χ1) is 17.1. The summed E-state index contributed by atoms with van der Waals surface area (Å²) in [7, 11) is -2.73. The lowest BCUT2D eigenvalue weighted by atomic mass is 10.1. The van der Waals surface area contributed by atoms with Crippen molar-refractivity contribution in [1.82, 2.24) is 10.2 Å². The van der Waals surface area contributed by atoms with Gasteiger partial charge in [-0.1, -0.05) is 65.7 Å². The number of rotatable bonds is 9. The molecular weight excluding hydrogens is 521 g/mol. The molecule has 0 fully saturated rings. The minimum Gasteiger partial charge on any atom is -0.357 e. The Morgan fingerprint density at radius 2 is 1.61 bits per heavy atom. The molecule has 0 unspecified atom stereocenters. The number of carbonyl (C=O) groups excluding carboxylic acids is 2. The van der Waals surface area contributed by atoms with Gasteiger partial charge in [-0.25, -0.2) is 8.42 Å². The van der Waals surface area contributed by atoms with Crippen molar-refractivity contribution in [2.45, 2.75) is 31.3 Å². The average Bonchev–Trinajstić information content (AvgIpc) is 2.87. The number of anilines is 1. The lowest BCUT2D eigenvalue weighted by Gasteiger charge is -2.32. The van der Waals surface area contributed by atoms with Gasteiger partial charge < -0.3 is 10.2 Å². The number of nitrogens with zero attached hydrogens (tertiary/aromatic N) is 2. The van der Waals surface area contributed by atoms with E-state index in [1.165, 1.54) is 42.3 Å². The molecule has 36 heavy (non-hydrogen) atoms. The lowest BCUT2D eigenvalue weighted by Crippen LogP contribution is -2.50. The van der Waals surface area contributed by atoms with Crippen molar-refractivity contribution in [1.29, 1.82) is 0 Å². The van der Waals surface area contributed by atoms with E-state index < -0.39 is 28.5 Å². The highest BCUT2D eigenvalue weighted by molar-refractivity contribution is 7.92. The van der Waals surface area contributed by atoms with Gasteiger partial charge >= 0.3 is 0 Å². The van der Waals surface area contributed by atoms with Crippen LogP contribution in [-0.2, 0) is 26.2 Å². The Labute approximate surface area is 221 Å². The quantitative estimate of drug-likeness (QED) is 0.422. The van der Waals surface area contributed by atoms with Gasteiger partial charge in [-0.2, -0.15) is 0 Å². The minimum atomic E-state index is -4.21. The first-order valence-corrected chi connectivity index (χ1v) is 13.3. The number of nitrogens with one attached hydrogen (secondary N) is 1. The maximum atomic E-state index is 13.7. The van der Waals surface area contributed by atoms with Crippen LogP contribution in [0.15, 0.2) is 77.7 Å². The molecule has 0 bridgehead atoms. The zero-order valence-corrected chi connectivity index (χ0v) is 22.4. The molecule has 2 amide bonds. The number of sulfonamides is 1. The maximum Gasteiger partial charge on any atom is 0.264 e. The molecule has 3 aromatic rings. The standard InChI is InChI=1S/C26H27Cl2N3O4S/c1-18-9-7-8-10-20(18)16-30(19(2)26(33)29-3)25(32)17-31(24-15-21(27)13-14-23(24)28)36(34,35)22-11-5-4-6-12-22/h4-15,19H,16-17H2,1-3H3,(H,29,33)/t19-/m1/s1. The third-order valence-corrected chi connectivity index (χ3v) is 8.13. The zero-order valence-electron chi connectivity index (χ0n) is 20.1. The smallest absolute Gasteiger partial charge is 0.264 e. The van der Waals surface area contributed by atoms with E-state index in [9.17, 15) is 18.0 Å². The number of carbonyl (C=O) groups is 2. The maximum absolute atomic E-state index is 13.7. The summed E-state index contributed by atoms with van der Waals surface area (Å²) < 4.78 is 28.3. The van der Waals surface area contributed by atoms with Crippen molar-refractivity contribution in [3.8, 4) is 0 Å². The molecular formula is C26H27Cl2N3O4S. The molecule has 0 spiro atoms. The summed E-state index contributed by atoms with van der Waals surface area (Å²) >= 11 is 12.5. The number of hydrogen-bond acceptors (Lipinski definition) is 4. The Morgan fingerprint density at radius 3 is 2.25 bits per heavy atom. The van der Waals surface area contributed by atoms with E-state index in [2.05, 4.69) is 5.32 Å². The molecule has 0 radical (unpaired) electrons. The summed E-state index contributed by atoms with van der Waals surface area (Å²) in [5, 5.41) is 2.92. The van der Waals surface area contributed by atoms with E-state index in [0.717, 1.165) is 15.4 Å². The van der Waals surface area contributed by atoms with Crippen LogP contribution in [0, 0.1) is 6.92 Å². The van der Waals surface area contributed by atoms with E-state index in [-0.39, 0.29) is 33.1 Å². The second-order valence-electron chi connectivity index (χ2n) is 8.16. The van der Waals surface area contributed by atoms with E-state index in [1.807, 2.05) is 31.2 Å². The fourth-order valence-electron chi connectivity index (χ4n) is 3.67. The number of benzene rings is 3. The predicted octanol–water partition coefficient (Wildman–Crippen LogP) is 4.66. The van der Waals surface area contributed by atoms with Crippen molar-refractivity contribution in [3.05, 3.63) is 94.0 Å². The van der Waals surface area contributed by atoms with Crippen molar-refractivity contribution >= 4 is 50.7 Å². The molecule has 0 aromatic heterocycles. The van der Waals surface area contributed by atoms with Gasteiger partial charge in [0.15, 0.2) is 0 Å². The summed E-state index contributed by atoms with van der Waals surface area (Å²) in [6.07, 6.45) is 0. The van der Waals surface area contributed by atoms with Gasteiger partial charge in [0.1, 0.15) is 12.6 Å². The van der Waals surface area contributed by atoms with Gasteiger partial charge in [0.2, 0.25) is 11.8 Å². The molecule has 0 aliphatic heterocycles. The van der Waals surface area contributed by atoms with Crippen LogP contribution >= 0.6 is 23.2 Å². The Hall–Kier alpha value is -3.07. The molecule has 0 aliphatic rings. The normalized spacial score (nSPS) is 12.0. The van der Waals surface area contributed by atoms with Gasteiger partial charge in [0.25, 0.3) is 10.0 Å². The second kappa shape index (κ2) is 11.8. The molecule has 0 heterocycles. The third kappa shape index (κ3) is 6.19. The van der Waals surface area contributed by atoms with Crippen LogP contribution in [0.1, 0.15) is 18.1 Å². The second-order valence-corrected chi connectivity index (χ2v) is 10.9. The highest BCUT2D eigenvalue weighted by Gasteiger charge is 2.33. The van der Waals surface area contributed by atoms with Gasteiger partial charge in [-0.15, -0.1) is 0 Å². The Morgan fingerprint density at radius 1 is 0.972 bits per heavy atom. The molecule has 1 N–H and O–H groups in total. The van der Waals surface area contributed by atoms with Crippen molar-refractivity contribution in [2.75, 3.05) is 17.9 Å². The van der Waals surface area contributed by atoms with Crippen LogP contribution in [0.4, 0.5) is 5.69 Å². The molecule has 0 aliphatic carbocycles. The van der Waals surface area contributed by atoms with Gasteiger partial charge in [-0.3, -0.25) is 13.9 Å². The average molecular weight is 548 g/mol. The van der Waals surface area contributed by atoms with Crippen LogP contribution in [0.25, 0.3) is 0 Å². The topological polar surface area (TPSA) is 86.8 Å². The predicted molar refractivity (Wildman–Crippen MR) is 143 cm³/mol. The molecule has 10 heteroatoms. The monoisotopic (exact) mass is 547 g/mol. The van der Waals surface area contributed by atoms with Crippen LogP contribution in [0.2, 0.25) is 10.0 Å². The van der Waals surface area contributed by atoms with E-state index >= 15 is 0 Å². The number of aryl methyl sites for hydroxylation is 1. The molecule has 190 valence electrons. The molecule has 0 saturated heterocycles. The van der Waals surface area contributed by atoms with Gasteiger partial charge in [0, 0.05) is 18.6 Å². The van der Waals surface area contributed by atoms with Crippen LogP contribution in [-0.4, -0.2) is 44.8 Å². The minimum absolute atomic E-state index is 0.0151. The Balaban J connectivity index is 2.08. The van der Waals surface area contributed by atoms with Crippen LogP contribution < -0.4 is 9.62 Å². The lowest BCUT2D eigenvalue weighted by molar-refractivity contribution is -0.139. The number of amides is 2. The zero-order chi connectivity index (χ0) is 26.5. The molecule has 3 rings (SSSR count). The first-order valence-electron chi connectivity index (χ1n) is 11.1. The highest BCUT2D eigenvalue weighted by Crippen LogP contribution is 2.33. The largest absolute Gasteiger partial charge is 0.357 e. The summed E-state index contributed by atoms with van der Waals surface area (Å²) in [5.41, 5.74) is 1.83. The van der Waals surface area contributed by atoms with E-state index in [4.69, 9.17) is 23.2 Å². The Kier molecular flexibility index (Phi) is 9.00. The van der Waals surface area contributed by atoms with Crippen molar-refractivity contribution in [2.24, 2.45) is 0 Å². The van der Waals surface area contributed by atoms with Crippen LogP contribution in [0.5, 0.6) is 0 Å².